The van der Waals surface area contributed by atoms with Gasteiger partial charge in [0.15, 0.2) is 0 Å². The minimum absolute atomic E-state index is 0. The molecule has 0 radical (unpaired) electrons. The molecule has 93 heavy (non-hydrogen) atoms. The molecule has 2 aromatic heterocycles. The maximum atomic E-state index is 12.7. The highest BCUT2D eigenvalue weighted by Crippen LogP contribution is 2.55. The van der Waals surface area contributed by atoms with Gasteiger partial charge in [-0.2, -0.15) is 0 Å². The predicted octanol–water partition coefficient (Wildman–Crippen LogP) is 23.7. The number of carbonyl (C=O) groups excluding carboxylic acids is 2. The van der Waals surface area contributed by atoms with Gasteiger partial charge in [-0.05, 0) is 210 Å². The van der Waals surface area contributed by atoms with Crippen LogP contribution in [0.4, 0.5) is 34.1 Å². The number of aldehydes is 2. The molecule has 0 saturated carbocycles. The fraction of sp³-hybridized carbons (Fsp3) is 0.190. The molecule has 0 spiro atoms. The number of carbonyl (C=O) groups is 2. The predicted molar refractivity (Wildman–Crippen MR) is 396 cm³/mol. The zero-order chi connectivity index (χ0) is 65.3. The van der Waals surface area contributed by atoms with Gasteiger partial charge in [-0.25, -0.2) is 0 Å². The van der Waals surface area contributed by atoms with Crippen molar-refractivity contribution in [3.05, 3.63) is 294 Å². The Labute approximate surface area is 559 Å². The Hall–Kier alpha value is -8.38. The van der Waals surface area contributed by atoms with E-state index in [0.717, 1.165) is 62.0 Å². The maximum Gasteiger partial charge on any atom is 0.335 e. The summed E-state index contributed by atoms with van der Waals surface area (Å²) in [5, 5.41) is 0. The molecule has 10 rings (SSSR count). The summed E-state index contributed by atoms with van der Waals surface area (Å²) in [4.78, 5) is 30.5. The smallest absolute Gasteiger partial charge is 0.311 e. The molecule has 0 unspecified atom stereocenters. The SMILES string of the molecule is C.CCOP(=O)(Cc1cc(C)c(CP(=O)(OCC)OCC)s1)OCC.Cc1ccc(N(c2ccc(C=Cc3ccccc3)cc2)c2ccc(C=Cc3cc(C)c(C=Cc4ccccc4)s3)cc2)cc1.Cc1ccc(N(c2ccc(C=O)cc2)c2ccc(C=O)cc2)cc1. The third kappa shape index (κ3) is 21.6. The van der Waals surface area contributed by atoms with Crippen LogP contribution < -0.4 is 9.80 Å². The van der Waals surface area contributed by atoms with Gasteiger partial charge in [-0.3, -0.25) is 18.7 Å². The molecule has 10 nitrogen and oxygen atoms in total. The minimum atomic E-state index is -3.15. The summed E-state index contributed by atoms with van der Waals surface area (Å²) < 4.78 is 46.7. The van der Waals surface area contributed by atoms with Crippen molar-refractivity contribution < 1.29 is 36.8 Å². The largest absolute Gasteiger partial charge is 0.335 e. The monoisotopic (exact) mass is 1310 g/mol. The third-order valence-electron chi connectivity index (χ3n) is 14.4. The Morgan fingerprint density at radius 2 is 0.688 bits per heavy atom. The number of rotatable bonds is 26. The molecule has 0 aliphatic heterocycles. The van der Waals surface area contributed by atoms with Crippen LogP contribution in [0.1, 0.15) is 120 Å². The van der Waals surface area contributed by atoms with E-state index in [2.05, 4.69) is 212 Å². The summed E-state index contributed by atoms with van der Waals surface area (Å²) >= 11 is 3.27. The van der Waals surface area contributed by atoms with Crippen molar-refractivity contribution in [1.82, 2.24) is 0 Å². The van der Waals surface area contributed by atoms with E-state index in [1.807, 2.05) is 67.6 Å². The minimum Gasteiger partial charge on any atom is -0.311 e. The molecule has 0 aliphatic carbocycles. The number of hydrogen-bond donors (Lipinski definition) is 0. The highest BCUT2D eigenvalue weighted by molar-refractivity contribution is 7.54. The topological polar surface area (TPSA) is 112 Å². The summed E-state index contributed by atoms with van der Waals surface area (Å²) in [6, 6.07) is 74.4. The van der Waals surface area contributed by atoms with Crippen LogP contribution in [0.15, 0.2) is 218 Å². The van der Waals surface area contributed by atoms with Gasteiger partial charge in [-0.15, -0.1) is 22.7 Å². The van der Waals surface area contributed by atoms with E-state index < -0.39 is 15.2 Å². The number of nitrogens with zero attached hydrogens (tertiary/aromatic N) is 2. The van der Waals surface area contributed by atoms with Crippen LogP contribution in [-0.2, 0) is 39.5 Å². The van der Waals surface area contributed by atoms with Crippen LogP contribution in [0.5, 0.6) is 0 Å². The zero-order valence-corrected chi connectivity index (χ0v) is 56.9. The normalized spacial score (nSPS) is 11.4. The van der Waals surface area contributed by atoms with E-state index >= 15 is 0 Å². The lowest BCUT2D eigenvalue weighted by atomic mass is 10.1. The van der Waals surface area contributed by atoms with Crippen molar-refractivity contribution in [2.24, 2.45) is 0 Å². The van der Waals surface area contributed by atoms with Gasteiger partial charge >= 0.3 is 15.2 Å². The van der Waals surface area contributed by atoms with Crippen LogP contribution in [-0.4, -0.2) is 39.0 Å². The molecule has 0 bridgehead atoms. The Bertz CT molecular complexity index is 4040. The van der Waals surface area contributed by atoms with Crippen LogP contribution in [0.25, 0.3) is 36.5 Å². The molecular formula is C79H84N2O8P2S2. The number of anilines is 6. The molecule has 0 aliphatic rings. The first kappa shape index (κ1) is 72.1. The van der Waals surface area contributed by atoms with Gasteiger partial charge in [0.25, 0.3) is 0 Å². The highest BCUT2D eigenvalue weighted by Gasteiger charge is 2.29. The van der Waals surface area contributed by atoms with Crippen molar-refractivity contribution in [2.75, 3.05) is 36.2 Å². The first-order valence-electron chi connectivity index (χ1n) is 30.8. The van der Waals surface area contributed by atoms with Crippen LogP contribution in [0.2, 0.25) is 0 Å². The Morgan fingerprint density at radius 1 is 0.366 bits per heavy atom. The molecule has 14 heteroatoms. The molecule has 0 N–H and O–H groups in total. The lowest BCUT2D eigenvalue weighted by Crippen LogP contribution is -2.10. The highest BCUT2D eigenvalue weighted by atomic mass is 32.1. The standard InChI is InChI=1S/C42H35NS.C21H17NO2.C15H28O6P2S.CH4/c1-32-13-23-38(24-14-32)43(39-25-17-36(18-26-39)16-15-34-9-5-3-6-10-34)40-27-19-37(20-28-40)21-29-41-31-33(2)42(44-41)30-22-35-11-7-4-8-12-35;1-16-2-8-19(9-3-16)22(20-10-4-17(14-23)5-11-20)21-12-6-18(15-24)7-13-21;1-6-18-22(16,19-7-2)11-14-10-13(5)15(24-14)12-23(17,20-8-3)21-9-4;/h3-31H,1-2H3;2-15H,1H3;10H,6-9,11-12H2,1-5H3;1H4. The Balaban J connectivity index is 0.000000213. The van der Waals surface area contributed by atoms with E-state index in [0.29, 0.717) is 37.6 Å². The molecule has 0 atom stereocenters. The molecule has 2 heterocycles. The van der Waals surface area contributed by atoms with Crippen molar-refractivity contribution in [3.63, 3.8) is 0 Å². The van der Waals surface area contributed by atoms with Gasteiger partial charge in [-0.1, -0.05) is 152 Å². The average Bonchev–Trinajstić information content (AvgIpc) is 1.82. The Kier molecular flexibility index (Phi) is 28.0. The summed E-state index contributed by atoms with van der Waals surface area (Å²) in [6.45, 7) is 16.8. The summed E-state index contributed by atoms with van der Waals surface area (Å²) in [5.41, 5.74) is 17.0. The van der Waals surface area contributed by atoms with Crippen LogP contribution in [0, 0.1) is 27.7 Å². The fourth-order valence-electron chi connectivity index (χ4n) is 9.83. The van der Waals surface area contributed by atoms with E-state index in [1.54, 1.807) is 52.0 Å². The summed E-state index contributed by atoms with van der Waals surface area (Å²) in [5.74, 6) is 0. The molecule has 10 aromatic rings. The van der Waals surface area contributed by atoms with Crippen LogP contribution >= 0.6 is 37.9 Å². The molecule has 8 aromatic carbocycles. The van der Waals surface area contributed by atoms with E-state index in [4.69, 9.17) is 18.1 Å². The number of benzene rings is 8. The van der Waals surface area contributed by atoms with Gasteiger partial charge in [0, 0.05) is 64.8 Å². The van der Waals surface area contributed by atoms with Crippen LogP contribution in [0.3, 0.4) is 0 Å². The van der Waals surface area contributed by atoms with E-state index in [9.17, 15) is 18.7 Å². The lowest BCUT2D eigenvalue weighted by molar-refractivity contribution is 0.111. The maximum absolute atomic E-state index is 12.7. The second-order valence-corrected chi connectivity index (χ2v) is 27.9. The van der Waals surface area contributed by atoms with E-state index in [1.165, 1.54) is 60.0 Å². The first-order chi connectivity index (χ1) is 44.6. The van der Waals surface area contributed by atoms with Gasteiger partial charge < -0.3 is 27.9 Å². The molecule has 480 valence electrons. The molecule has 0 saturated heterocycles. The zero-order valence-electron chi connectivity index (χ0n) is 53.5. The van der Waals surface area contributed by atoms with Crippen molar-refractivity contribution in [3.8, 4) is 0 Å². The number of thiophene rings is 2. The first-order valence-corrected chi connectivity index (χ1v) is 35.9. The second-order valence-electron chi connectivity index (χ2n) is 21.5. The fourth-order valence-corrected chi connectivity index (χ4v) is 16.2. The molecular weight excluding hydrogens is 1230 g/mol. The van der Waals surface area contributed by atoms with Gasteiger partial charge in [0.1, 0.15) is 12.6 Å². The summed E-state index contributed by atoms with van der Waals surface area (Å²) in [7, 11) is -6.30. The number of aryl methyl sites for hydroxylation is 4. The number of hydrogen-bond acceptors (Lipinski definition) is 12. The van der Waals surface area contributed by atoms with Gasteiger partial charge in [0.05, 0.1) is 38.8 Å². The second kappa shape index (κ2) is 36.2. The summed E-state index contributed by atoms with van der Waals surface area (Å²) in [6.07, 6.45) is 15.2. The lowest BCUT2D eigenvalue weighted by Gasteiger charge is -2.26. The average molecular weight is 1320 g/mol. The quantitative estimate of drug-likeness (QED) is 0.0295. The molecule has 0 fully saturated rings. The molecule has 0 amide bonds. The van der Waals surface area contributed by atoms with Gasteiger partial charge in [0.2, 0.25) is 0 Å². The van der Waals surface area contributed by atoms with Crippen molar-refractivity contribution in [1.29, 1.82) is 0 Å². The van der Waals surface area contributed by atoms with Crippen molar-refractivity contribution in [2.45, 2.75) is 75.1 Å². The third-order valence-corrected chi connectivity index (χ3v) is 21.3. The van der Waals surface area contributed by atoms with E-state index in [-0.39, 0.29) is 19.8 Å². The Morgan fingerprint density at radius 3 is 1.05 bits per heavy atom. The van der Waals surface area contributed by atoms with Crippen molar-refractivity contribution >= 4 is 121 Å².